The molecule has 0 unspecified atom stereocenters. The number of benzene rings is 1. The summed E-state index contributed by atoms with van der Waals surface area (Å²) in [5.74, 6) is 1.15. The van der Waals surface area contributed by atoms with Crippen molar-refractivity contribution in [2.24, 2.45) is 4.99 Å². The molecular weight excluding hydrogens is 264 g/mol. The lowest BCUT2D eigenvalue weighted by atomic mass is 10.1. The smallest absolute Gasteiger partial charge is 0.264 e. The zero-order valence-corrected chi connectivity index (χ0v) is 12.7. The molecule has 0 radical (unpaired) electrons. The van der Waals surface area contributed by atoms with Crippen LogP contribution in [0.5, 0.6) is 11.5 Å². The molecule has 1 aromatic carbocycles. The number of thiol groups is 1. The molecule has 106 valence electrons. The first-order valence-corrected chi connectivity index (χ1v) is 6.44. The van der Waals surface area contributed by atoms with Gasteiger partial charge in [0.25, 0.3) is 5.91 Å². The molecule has 5 nitrogen and oxygen atoms in total. The van der Waals surface area contributed by atoms with Crippen LogP contribution in [0.15, 0.2) is 23.2 Å². The van der Waals surface area contributed by atoms with Gasteiger partial charge in [-0.15, -0.1) is 0 Å². The molecule has 0 aliphatic carbocycles. The number of hydrogen-bond donors (Lipinski definition) is 2. The Morgan fingerprint density at radius 2 is 1.68 bits per heavy atom. The van der Waals surface area contributed by atoms with Crippen LogP contribution in [0.2, 0.25) is 0 Å². The zero-order valence-electron chi connectivity index (χ0n) is 11.9. The van der Waals surface area contributed by atoms with Gasteiger partial charge in [0.1, 0.15) is 17.1 Å². The fourth-order valence-electron chi connectivity index (χ4n) is 1.36. The normalized spacial score (nSPS) is 10.1. The maximum Gasteiger partial charge on any atom is 0.264 e. The average Bonchev–Trinajstić information content (AvgIpc) is 2.47. The van der Waals surface area contributed by atoms with E-state index in [1.165, 1.54) is 14.2 Å². The molecule has 0 aliphatic rings. The number of methoxy groups -OCH3 is 2. The fraction of sp³-hybridized carbons (Fsp3) is 0.385. The zero-order chi connectivity index (χ0) is 14.8. The Balaban J connectivity index is 0.00000154. The molecule has 0 saturated heterocycles. The van der Waals surface area contributed by atoms with Crippen molar-refractivity contribution in [2.75, 3.05) is 27.5 Å². The van der Waals surface area contributed by atoms with Crippen molar-refractivity contribution in [1.29, 1.82) is 0 Å². The van der Waals surface area contributed by atoms with Gasteiger partial charge in [0.2, 0.25) is 0 Å². The lowest BCUT2D eigenvalue weighted by Gasteiger charge is -2.12. The molecule has 1 amide bonds. The molecule has 0 fully saturated rings. The molecular formula is C13H20N2O3S. The topological polar surface area (TPSA) is 59.9 Å². The number of amides is 1. The number of carbonyl (C=O) groups is 1. The van der Waals surface area contributed by atoms with Crippen molar-refractivity contribution in [2.45, 2.75) is 6.92 Å². The fourth-order valence-corrected chi connectivity index (χ4v) is 1.36. The van der Waals surface area contributed by atoms with Gasteiger partial charge in [-0.3, -0.25) is 9.79 Å². The Morgan fingerprint density at radius 3 is 2.05 bits per heavy atom. The predicted molar refractivity (Wildman–Crippen MR) is 81.0 cm³/mol. The van der Waals surface area contributed by atoms with Gasteiger partial charge in [-0.2, -0.15) is 12.6 Å². The summed E-state index contributed by atoms with van der Waals surface area (Å²) in [5, 5.41) is 2.65. The minimum Gasteiger partial charge on any atom is -0.496 e. The van der Waals surface area contributed by atoms with E-state index in [4.69, 9.17) is 9.47 Å². The van der Waals surface area contributed by atoms with E-state index in [1.807, 2.05) is 0 Å². The molecule has 1 rings (SSSR count). The number of amidine groups is 1. The van der Waals surface area contributed by atoms with Crippen molar-refractivity contribution in [1.82, 2.24) is 5.32 Å². The Hall–Kier alpha value is -1.69. The van der Waals surface area contributed by atoms with Crippen LogP contribution in [0, 0.1) is 0 Å². The van der Waals surface area contributed by atoms with Crippen molar-refractivity contribution in [3.63, 3.8) is 0 Å². The highest BCUT2D eigenvalue weighted by molar-refractivity contribution is 7.79. The van der Waals surface area contributed by atoms with E-state index in [1.54, 1.807) is 38.4 Å². The van der Waals surface area contributed by atoms with Crippen LogP contribution < -0.4 is 14.8 Å². The molecule has 0 spiro atoms. The van der Waals surface area contributed by atoms with E-state index in [0.29, 0.717) is 22.9 Å². The monoisotopic (exact) mass is 284 g/mol. The van der Waals surface area contributed by atoms with Crippen molar-refractivity contribution < 1.29 is 14.3 Å². The third-order valence-corrected chi connectivity index (χ3v) is 2.28. The van der Waals surface area contributed by atoms with Gasteiger partial charge in [0.15, 0.2) is 0 Å². The first-order valence-electron chi connectivity index (χ1n) is 5.54. The summed E-state index contributed by atoms with van der Waals surface area (Å²) in [5.41, 5.74) is 0.362. The number of aliphatic imine (C=N–C) groups is 1. The Labute approximate surface area is 119 Å². The number of ether oxygens (including phenoxy) is 2. The highest BCUT2D eigenvalue weighted by atomic mass is 32.1. The van der Waals surface area contributed by atoms with Gasteiger partial charge in [-0.05, 0) is 25.3 Å². The van der Waals surface area contributed by atoms with Crippen LogP contribution in [-0.2, 0) is 0 Å². The first kappa shape index (κ1) is 17.3. The molecule has 1 N–H and O–H groups in total. The van der Waals surface area contributed by atoms with Gasteiger partial charge < -0.3 is 14.8 Å². The van der Waals surface area contributed by atoms with Gasteiger partial charge in [-0.1, -0.05) is 6.07 Å². The largest absolute Gasteiger partial charge is 0.496 e. The summed E-state index contributed by atoms with van der Waals surface area (Å²) in [6.45, 7) is 1.71. The molecule has 0 atom stereocenters. The summed E-state index contributed by atoms with van der Waals surface area (Å²) >= 11 is 3.53. The lowest BCUT2D eigenvalue weighted by molar-refractivity contribution is 0.0970. The Bertz CT molecular complexity index is 425. The number of nitrogens with zero attached hydrogens (tertiary/aromatic N) is 1. The van der Waals surface area contributed by atoms with Crippen LogP contribution in [0.1, 0.15) is 17.3 Å². The van der Waals surface area contributed by atoms with E-state index >= 15 is 0 Å². The second-order valence-corrected chi connectivity index (χ2v) is 3.30. The average molecular weight is 284 g/mol. The SMILES string of the molecule is CN=C(C)NC(=O)c1c(OC)cccc1OC.CS. The molecule has 0 aromatic heterocycles. The molecule has 1 aromatic rings. The molecule has 0 saturated carbocycles. The van der Waals surface area contributed by atoms with Gasteiger partial charge in [0.05, 0.1) is 20.1 Å². The van der Waals surface area contributed by atoms with E-state index < -0.39 is 0 Å². The van der Waals surface area contributed by atoms with E-state index in [9.17, 15) is 4.79 Å². The summed E-state index contributed by atoms with van der Waals surface area (Å²) in [7, 11) is 4.62. The minimum absolute atomic E-state index is 0.303. The maximum atomic E-state index is 12.0. The lowest BCUT2D eigenvalue weighted by Crippen LogP contribution is -2.29. The van der Waals surface area contributed by atoms with E-state index in [0.717, 1.165) is 0 Å². The van der Waals surface area contributed by atoms with Gasteiger partial charge in [-0.25, -0.2) is 0 Å². The summed E-state index contributed by atoms with van der Waals surface area (Å²) in [6.07, 6.45) is 1.69. The third-order valence-electron chi connectivity index (χ3n) is 2.28. The van der Waals surface area contributed by atoms with Gasteiger partial charge >= 0.3 is 0 Å². The summed E-state index contributed by atoms with van der Waals surface area (Å²) in [6, 6.07) is 5.17. The molecule has 19 heavy (non-hydrogen) atoms. The number of nitrogens with one attached hydrogen (secondary N) is 1. The van der Waals surface area contributed by atoms with Crippen molar-refractivity contribution >= 4 is 24.4 Å². The first-order chi connectivity index (χ1) is 9.13. The van der Waals surface area contributed by atoms with Crippen LogP contribution in [0.3, 0.4) is 0 Å². The second-order valence-electron chi connectivity index (χ2n) is 3.30. The third kappa shape index (κ3) is 4.82. The maximum absolute atomic E-state index is 12.0. The number of carbonyl (C=O) groups excluding carboxylic acids is 1. The van der Waals surface area contributed by atoms with Crippen LogP contribution >= 0.6 is 12.6 Å². The Morgan fingerprint density at radius 1 is 1.21 bits per heavy atom. The molecule has 6 heteroatoms. The summed E-state index contributed by atoms with van der Waals surface area (Å²) < 4.78 is 10.3. The summed E-state index contributed by atoms with van der Waals surface area (Å²) in [4.78, 5) is 15.9. The second kappa shape index (κ2) is 9.27. The van der Waals surface area contributed by atoms with E-state index in [2.05, 4.69) is 22.9 Å². The predicted octanol–water partition coefficient (Wildman–Crippen LogP) is 2.03. The highest BCUT2D eigenvalue weighted by Gasteiger charge is 2.18. The Kier molecular flexibility index (Phi) is 8.44. The molecule has 0 bridgehead atoms. The van der Waals surface area contributed by atoms with Crippen LogP contribution in [0.4, 0.5) is 0 Å². The van der Waals surface area contributed by atoms with Crippen LogP contribution in [-0.4, -0.2) is 39.3 Å². The minimum atomic E-state index is -0.303. The highest BCUT2D eigenvalue weighted by Crippen LogP contribution is 2.27. The number of hydrogen-bond acceptors (Lipinski definition) is 5. The van der Waals surface area contributed by atoms with E-state index in [-0.39, 0.29) is 5.91 Å². The quantitative estimate of drug-likeness (QED) is 0.507. The van der Waals surface area contributed by atoms with Crippen molar-refractivity contribution in [3.05, 3.63) is 23.8 Å². The standard InChI is InChI=1S/C12H16N2O3.CH4S/c1-8(13-2)14-12(15)11-9(16-3)6-5-7-10(11)17-4;1-2/h5-7H,1-4H3,(H,13,14,15);2H,1H3. The van der Waals surface area contributed by atoms with Crippen LogP contribution in [0.25, 0.3) is 0 Å². The number of rotatable bonds is 3. The van der Waals surface area contributed by atoms with Crippen molar-refractivity contribution in [3.8, 4) is 11.5 Å². The van der Waals surface area contributed by atoms with Gasteiger partial charge in [0, 0.05) is 7.05 Å². The molecule has 0 aliphatic heterocycles. The molecule has 0 heterocycles.